The Labute approximate surface area is 68.1 Å². The van der Waals surface area contributed by atoms with Crippen molar-refractivity contribution in [2.24, 2.45) is 11.8 Å². The average molecular weight is 166 g/mol. The second kappa shape index (κ2) is 1.77. The largest absolute Gasteiger partial charge is 0.391 e. The topological polar surface area (TPSA) is 52.6 Å². The summed E-state index contributed by atoms with van der Waals surface area (Å²) in [5.41, 5.74) is 0. The number of fused-ring (bicyclic) bond motifs is 3. The molecule has 0 spiro atoms. The molecular formula is C8H6O4. The van der Waals surface area contributed by atoms with Crippen molar-refractivity contribution in [1.29, 1.82) is 0 Å². The number of ether oxygens (including phenoxy) is 2. The monoisotopic (exact) mass is 166 g/mol. The van der Waals surface area contributed by atoms with Crippen molar-refractivity contribution in [1.82, 2.24) is 0 Å². The Kier molecular flexibility index (Phi) is 0.939. The molecule has 3 aliphatic rings. The van der Waals surface area contributed by atoms with Gasteiger partial charge in [-0.25, -0.2) is 4.79 Å². The van der Waals surface area contributed by atoms with E-state index in [1.54, 1.807) is 0 Å². The molecule has 0 bridgehead atoms. The van der Waals surface area contributed by atoms with E-state index in [0.717, 1.165) is 0 Å². The summed E-state index contributed by atoms with van der Waals surface area (Å²) in [6.45, 7) is 0. The van der Waals surface area contributed by atoms with E-state index >= 15 is 0 Å². The SMILES string of the molecule is O=C1OC(=O)C2C1OC1C=CC12. The van der Waals surface area contributed by atoms with Crippen molar-refractivity contribution in [3.05, 3.63) is 12.2 Å². The molecule has 1 aliphatic carbocycles. The highest BCUT2D eigenvalue weighted by Crippen LogP contribution is 2.43. The van der Waals surface area contributed by atoms with Crippen LogP contribution in [-0.4, -0.2) is 24.1 Å². The Morgan fingerprint density at radius 1 is 1.17 bits per heavy atom. The molecule has 4 atom stereocenters. The van der Waals surface area contributed by atoms with E-state index in [0.29, 0.717) is 0 Å². The summed E-state index contributed by atoms with van der Waals surface area (Å²) in [4.78, 5) is 22.1. The molecule has 2 fully saturated rings. The van der Waals surface area contributed by atoms with Crippen molar-refractivity contribution in [3.63, 3.8) is 0 Å². The second-order valence-electron chi connectivity index (χ2n) is 3.25. The van der Waals surface area contributed by atoms with Crippen LogP contribution in [0.25, 0.3) is 0 Å². The summed E-state index contributed by atoms with van der Waals surface area (Å²) in [5, 5.41) is 0. The molecule has 2 heterocycles. The molecule has 2 saturated heterocycles. The molecule has 12 heavy (non-hydrogen) atoms. The van der Waals surface area contributed by atoms with Crippen molar-refractivity contribution in [3.8, 4) is 0 Å². The highest BCUT2D eigenvalue weighted by Gasteiger charge is 2.58. The van der Waals surface area contributed by atoms with E-state index in [-0.39, 0.29) is 17.9 Å². The summed E-state index contributed by atoms with van der Waals surface area (Å²) < 4.78 is 9.73. The van der Waals surface area contributed by atoms with Crippen molar-refractivity contribution in [2.75, 3.05) is 0 Å². The van der Waals surface area contributed by atoms with Gasteiger partial charge in [0.1, 0.15) is 5.92 Å². The fraction of sp³-hybridized carbons (Fsp3) is 0.500. The van der Waals surface area contributed by atoms with Gasteiger partial charge in [0.15, 0.2) is 6.10 Å². The molecular weight excluding hydrogens is 160 g/mol. The fourth-order valence-corrected chi connectivity index (χ4v) is 1.95. The maximum atomic E-state index is 11.1. The Balaban J connectivity index is 2.01. The zero-order valence-electron chi connectivity index (χ0n) is 6.10. The highest BCUT2D eigenvalue weighted by atomic mass is 16.6. The van der Waals surface area contributed by atoms with Gasteiger partial charge in [0.25, 0.3) is 0 Å². The number of carbonyl (C=O) groups excluding carboxylic acids is 2. The molecule has 0 amide bonds. The summed E-state index contributed by atoms with van der Waals surface area (Å²) in [7, 11) is 0. The first-order chi connectivity index (χ1) is 5.77. The number of rotatable bonds is 0. The van der Waals surface area contributed by atoms with Gasteiger partial charge >= 0.3 is 11.9 Å². The van der Waals surface area contributed by atoms with Crippen LogP contribution in [0, 0.1) is 11.8 Å². The van der Waals surface area contributed by atoms with Crippen LogP contribution < -0.4 is 0 Å². The van der Waals surface area contributed by atoms with Crippen LogP contribution in [0.5, 0.6) is 0 Å². The predicted octanol–water partition coefficient (Wildman–Crippen LogP) is -0.361. The van der Waals surface area contributed by atoms with Gasteiger partial charge in [-0.2, -0.15) is 0 Å². The van der Waals surface area contributed by atoms with Crippen LogP contribution in [-0.2, 0) is 19.1 Å². The molecule has 4 nitrogen and oxygen atoms in total. The smallest absolute Gasteiger partial charge is 0.343 e. The molecule has 62 valence electrons. The first kappa shape index (κ1) is 6.37. The van der Waals surface area contributed by atoms with Gasteiger partial charge in [-0.3, -0.25) is 4.79 Å². The first-order valence-corrected chi connectivity index (χ1v) is 3.87. The van der Waals surface area contributed by atoms with Gasteiger partial charge in [-0.05, 0) is 0 Å². The van der Waals surface area contributed by atoms with Gasteiger partial charge in [-0.1, -0.05) is 12.2 Å². The van der Waals surface area contributed by atoms with Crippen LogP contribution in [0.2, 0.25) is 0 Å². The number of carbonyl (C=O) groups is 2. The molecule has 3 rings (SSSR count). The Morgan fingerprint density at radius 3 is 2.67 bits per heavy atom. The lowest BCUT2D eigenvalue weighted by molar-refractivity contribution is -0.158. The molecule has 4 heteroatoms. The molecule has 0 aromatic heterocycles. The third-order valence-corrected chi connectivity index (χ3v) is 2.65. The van der Waals surface area contributed by atoms with E-state index in [9.17, 15) is 9.59 Å². The Bertz CT molecular complexity index is 306. The molecule has 0 saturated carbocycles. The second-order valence-corrected chi connectivity index (χ2v) is 3.25. The minimum atomic E-state index is -0.637. The lowest BCUT2D eigenvalue weighted by Crippen LogP contribution is -2.27. The van der Waals surface area contributed by atoms with E-state index in [2.05, 4.69) is 4.74 Å². The van der Waals surface area contributed by atoms with E-state index < -0.39 is 18.0 Å². The first-order valence-electron chi connectivity index (χ1n) is 3.87. The van der Waals surface area contributed by atoms with Crippen LogP contribution in [0.3, 0.4) is 0 Å². The van der Waals surface area contributed by atoms with Crippen LogP contribution in [0.15, 0.2) is 12.2 Å². The van der Waals surface area contributed by atoms with Gasteiger partial charge in [0, 0.05) is 5.92 Å². The quantitative estimate of drug-likeness (QED) is 0.280. The molecule has 0 radical (unpaired) electrons. The van der Waals surface area contributed by atoms with Crippen LogP contribution >= 0.6 is 0 Å². The standard InChI is InChI=1S/C8H6O4/c9-7-5-3-1-2-4(3)11-6(5)8(10)12-7/h1-6H. The molecule has 0 N–H and O–H groups in total. The summed E-state index contributed by atoms with van der Waals surface area (Å²) in [6, 6.07) is 0. The van der Waals surface area contributed by atoms with Crippen molar-refractivity contribution >= 4 is 11.9 Å². The summed E-state index contributed by atoms with van der Waals surface area (Å²) >= 11 is 0. The molecule has 2 aliphatic heterocycles. The number of cyclic esters (lactones) is 2. The zero-order chi connectivity index (χ0) is 8.29. The molecule has 0 aromatic carbocycles. The van der Waals surface area contributed by atoms with Crippen molar-refractivity contribution in [2.45, 2.75) is 12.2 Å². The van der Waals surface area contributed by atoms with Gasteiger partial charge in [0.2, 0.25) is 0 Å². The zero-order valence-corrected chi connectivity index (χ0v) is 6.10. The van der Waals surface area contributed by atoms with Gasteiger partial charge in [-0.15, -0.1) is 0 Å². The van der Waals surface area contributed by atoms with Gasteiger partial charge < -0.3 is 9.47 Å². The van der Waals surface area contributed by atoms with Crippen LogP contribution in [0.1, 0.15) is 0 Å². The Morgan fingerprint density at radius 2 is 2.00 bits per heavy atom. The van der Waals surface area contributed by atoms with E-state index in [4.69, 9.17) is 4.74 Å². The average Bonchev–Trinajstić information content (AvgIpc) is 2.36. The normalized spacial score (nSPS) is 48.3. The molecule has 4 unspecified atom stereocenters. The predicted molar refractivity (Wildman–Crippen MR) is 35.9 cm³/mol. The number of hydrogen-bond donors (Lipinski definition) is 0. The maximum Gasteiger partial charge on any atom is 0.343 e. The fourth-order valence-electron chi connectivity index (χ4n) is 1.95. The van der Waals surface area contributed by atoms with E-state index in [1.165, 1.54) is 0 Å². The maximum absolute atomic E-state index is 11.1. The lowest BCUT2D eigenvalue weighted by Gasteiger charge is -2.21. The third-order valence-electron chi connectivity index (χ3n) is 2.65. The number of hydrogen-bond acceptors (Lipinski definition) is 4. The molecule has 0 aromatic rings. The lowest BCUT2D eigenvalue weighted by atomic mass is 9.82. The minimum absolute atomic E-state index is 0.0307. The Hall–Kier alpha value is -1.16. The minimum Gasteiger partial charge on any atom is -0.391 e. The van der Waals surface area contributed by atoms with E-state index in [1.807, 2.05) is 12.2 Å². The highest BCUT2D eigenvalue weighted by molar-refractivity contribution is 5.99. The number of esters is 2. The summed E-state index contributed by atoms with van der Waals surface area (Å²) in [5.74, 6) is -1.25. The van der Waals surface area contributed by atoms with Crippen molar-refractivity contribution < 1.29 is 19.1 Å². The van der Waals surface area contributed by atoms with Crippen LogP contribution in [0.4, 0.5) is 0 Å². The van der Waals surface area contributed by atoms with Gasteiger partial charge in [0.05, 0.1) is 6.10 Å². The summed E-state index contributed by atoms with van der Waals surface area (Å²) in [6.07, 6.45) is 3.10. The third kappa shape index (κ3) is 0.536.